The van der Waals surface area contributed by atoms with Crippen LogP contribution in [0, 0.1) is 0 Å². The van der Waals surface area contributed by atoms with Crippen molar-refractivity contribution in [2.45, 2.75) is 6.42 Å². The van der Waals surface area contributed by atoms with E-state index < -0.39 is 0 Å². The SMILES string of the molecule is COCCCNC(=O)c1nc2nc(-c3ccccc3)c(Cl)cc2n1C. The lowest BCUT2D eigenvalue weighted by atomic mass is 10.1. The van der Waals surface area contributed by atoms with Crippen LogP contribution in [0.4, 0.5) is 0 Å². The van der Waals surface area contributed by atoms with Crippen LogP contribution in [0.2, 0.25) is 5.02 Å². The molecule has 1 N–H and O–H groups in total. The van der Waals surface area contributed by atoms with Crippen LogP contribution in [-0.4, -0.2) is 40.7 Å². The van der Waals surface area contributed by atoms with Gasteiger partial charge in [0.05, 0.1) is 16.2 Å². The first-order valence-corrected chi connectivity index (χ1v) is 8.35. The summed E-state index contributed by atoms with van der Waals surface area (Å²) in [6.07, 6.45) is 0.744. The van der Waals surface area contributed by atoms with Crippen molar-refractivity contribution < 1.29 is 9.53 Å². The number of amides is 1. The monoisotopic (exact) mass is 358 g/mol. The Morgan fingerprint density at radius 2 is 2.04 bits per heavy atom. The molecule has 0 aliphatic heterocycles. The summed E-state index contributed by atoms with van der Waals surface area (Å²) in [7, 11) is 3.41. The number of rotatable bonds is 6. The third-order valence-corrected chi connectivity index (χ3v) is 4.18. The van der Waals surface area contributed by atoms with Crippen LogP contribution in [0.5, 0.6) is 0 Å². The van der Waals surface area contributed by atoms with Crippen molar-refractivity contribution in [1.82, 2.24) is 19.9 Å². The molecule has 0 aliphatic rings. The molecular weight excluding hydrogens is 340 g/mol. The van der Waals surface area contributed by atoms with Gasteiger partial charge in [0.25, 0.3) is 5.91 Å². The van der Waals surface area contributed by atoms with Gasteiger partial charge >= 0.3 is 0 Å². The molecule has 7 heteroatoms. The van der Waals surface area contributed by atoms with Crippen LogP contribution in [0.3, 0.4) is 0 Å². The molecule has 0 saturated carbocycles. The van der Waals surface area contributed by atoms with Gasteiger partial charge in [-0.2, -0.15) is 0 Å². The molecule has 0 bridgehead atoms. The fourth-order valence-electron chi connectivity index (χ4n) is 2.59. The lowest BCUT2D eigenvalue weighted by molar-refractivity contribution is 0.0935. The summed E-state index contributed by atoms with van der Waals surface area (Å²) in [5, 5.41) is 3.36. The number of carbonyl (C=O) groups excluding carboxylic acids is 1. The zero-order valence-electron chi connectivity index (χ0n) is 14.1. The van der Waals surface area contributed by atoms with Gasteiger partial charge in [0.2, 0.25) is 5.82 Å². The van der Waals surface area contributed by atoms with Gasteiger partial charge in [-0.3, -0.25) is 4.79 Å². The fourth-order valence-corrected chi connectivity index (χ4v) is 2.84. The molecule has 0 atom stereocenters. The van der Waals surface area contributed by atoms with E-state index in [1.807, 2.05) is 30.3 Å². The summed E-state index contributed by atoms with van der Waals surface area (Å²) in [5.74, 6) is 0.0650. The van der Waals surface area contributed by atoms with Gasteiger partial charge in [0.15, 0.2) is 5.65 Å². The molecule has 0 radical (unpaired) electrons. The van der Waals surface area contributed by atoms with Crippen molar-refractivity contribution in [2.75, 3.05) is 20.3 Å². The number of carbonyl (C=O) groups is 1. The average Bonchev–Trinajstić information content (AvgIpc) is 2.95. The van der Waals surface area contributed by atoms with Crippen LogP contribution in [0.15, 0.2) is 36.4 Å². The number of fused-ring (bicyclic) bond motifs is 1. The number of nitrogens with zero attached hydrogens (tertiary/aromatic N) is 3. The Balaban J connectivity index is 1.92. The van der Waals surface area contributed by atoms with Gasteiger partial charge in [-0.15, -0.1) is 0 Å². The van der Waals surface area contributed by atoms with Crippen molar-refractivity contribution in [3.63, 3.8) is 0 Å². The van der Waals surface area contributed by atoms with Gasteiger partial charge in [0, 0.05) is 32.9 Å². The molecule has 1 aromatic carbocycles. The van der Waals surface area contributed by atoms with E-state index in [0.29, 0.717) is 40.9 Å². The Labute approximate surface area is 150 Å². The molecular formula is C18H19ClN4O2. The lowest BCUT2D eigenvalue weighted by Gasteiger charge is -2.05. The molecule has 2 heterocycles. The zero-order valence-corrected chi connectivity index (χ0v) is 14.9. The van der Waals surface area contributed by atoms with E-state index in [4.69, 9.17) is 16.3 Å². The van der Waals surface area contributed by atoms with E-state index in [0.717, 1.165) is 12.0 Å². The zero-order chi connectivity index (χ0) is 17.8. The van der Waals surface area contributed by atoms with E-state index >= 15 is 0 Å². The molecule has 2 aromatic heterocycles. The first-order chi connectivity index (χ1) is 12.1. The smallest absolute Gasteiger partial charge is 0.287 e. The number of hydrogen-bond acceptors (Lipinski definition) is 4. The number of aromatic nitrogens is 3. The predicted octanol–water partition coefficient (Wildman–Crippen LogP) is 3.06. The standard InChI is InChI=1S/C18H19ClN4O2/c1-23-14-11-13(19)15(12-7-4-3-5-8-12)21-16(14)22-17(23)18(24)20-9-6-10-25-2/h3-5,7-8,11H,6,9-10H2,1-2H3,(H,20,24). The van der Waals surface area contributed by atoms with Crippen LogP contribution in [0.25, 0.3) is 22.4 Å². The number of halogens is 1. The minimum absolute atomic E-state index is 0.242. The maximum atomic E-state index is 12.3. The number of imidazole rings is 1. The van der Waals surface area contributed by atoms with Crippen LogP contribution < -0.4 is 5.32 Å². The van der Waals surface area contributed by atoms with Crippen LogP contribution in [0.1, 0.15) is 17.0 Å². The van der Waals surface area contributed by atoms with Crippen molar-refractivity contribution >= 4 is 28.7 Å². The molecule has 0 fully saturated rings. The van der Waals surface area contributed by atoms with E-state index in [-0.39, 0.29) is 5.91 Å². The van der Waals surface area contributed by atoms with Gasteiger partial charge in [-0.05, 0) is 12.5 Å². The summed E-state index contributed by atoms with van der Waals surface area (Å²) in [6, 6.07) is 11.5. The van der Waals surface area contributed by atoms with Crippen molar-refractivity contribution in [2.24, 2.45) is 7.05 Å². The number of ether oxygens (including phenoxy) is 1. The maximum absolute atomic E-state index is 12.3. The summed E-state index contributed by atoms with van der Waals surface area (Å²) < 4.78 is 6.68. The number of pyridine rings is 1. The summed E-state index contributed by atoms with van der Waals surface area (Å²) in [6.45, 7) is 1.12. The minimum atomic E-state index is -0.242. The third-order valence-electron chi connectivity index (χ3n) is 3.89. The number of methoxy groups -OCH3 is 1. The largest absolute Gasteiger partial charge is 0.385 e. The Kier molecular flexibility index (Phi) is 5.31. The molecule has 25 heavy (non-hydrogen) atoms. The second kappa shape index (κ2) is 7.63. The summed E-state index contributed by atoms with van der Waals surface area (Å²) in [4.78, 5) is 21.3. The van der Waals surface area contributed by atoms with Gasteiger partial charge in [-0.25, -0.2) is 9.97 Å². The van der Waals surface area contributed by atoms with Crippen molar-refractivity contribution in [3.05, 3.63) is 47.2 Å². The number of nitrogens with one attached hydrogen (secondary N) is 1. The van der Waals surface area contributed by atoms with Crippen LogP contribution >= 0.6 is 11.6 Å². The van der Waals surface area contributed by atoms with Gasteiger partial charge < -0.3 is 14.6 Å². The highest BCUT2D eigenvalue weighted by Gasteiger charge is 2.18. The second-order valence-corrected chi connectivity index (χ2v) is 6.03. The van der Waals surface area contributed by atoms with Gasteiger partial charge in [-0.1, -0.05) is 41.9 Å². The van der Waals surface area contributed by atoms with Crippen LogP contribution in [-0.2, 0) is 11.8 Å². The Bertz CT molecular complexity index is 893. The Morgan fingerprint density at radius 3 is 2.76 bits per heavy atom. The summed E-state index contributed by atoms with van der Waals surface area (Å²) >= 11 is 6.40. The lowest BCUT2D eigenvalue weighted by Crippen LogP contribution is -2.27. The minimum Gasteiger partial charge on any atom is -0.385 e. The molecule has 0 saturated heterocycles. The predicted molar refractivity (Wildman–Crippen MR) is 97.8 cm³/mol. The van der Waals surface area contributed by atoms with E-state index in [1.54, 1.807) is 24.8 Å². The van der Waals surface area contributed by atoms with E-state index in [1.165, 1.54) is 0 Å². The first-order valence-electron chi connectivity index (χ1n) is 7.97. The quantitative estimate of drug-likeness (QED) is 0.687. The highest BCUT2D eigenvalue weighted by molar-refractivity contribution is 6.33. The van der Waals surface area contributed by atoms with E-state index in [9.17, 15) is 4.79 Å². The van der Waals surface area contributed by atoms with Crippen molar-refractivity contribution in [1.29, 1.82) is 0 Å². The number of aryl methyl sites for hydroxylation is 1. The molecule has 0 unspecified atom stereocenters. The van der Waals surface area contributed by atoms with Crippen molar-refractivity contribution in [3.8, 4) is 11.3 Å². The molecule has 3 aromatic rings. The highest BCUT2D eigenvalue weighted by atomic mass is 35.5. The maximum Gasteiger partial charge on any atom is 0.287 e. The molecule has 0 spiro atoms. The Hall–Kier alpha value is -2.44. The normalized spacial score (nSPS) is 11.0. The first kappa shape index (κ1) is 17.4. The molecule has 3 rings (SSSR count). The molecule has 6 nitrogen and oxygen atoms in total. The number of hydrogen-bond donors (Lipinski definition) is 1. The fraction of sp³-hybridized carbons (Fsp3) is 0.278. The third kappa shape index (κ3) is 3.65. The molecule has 0 aliphatic carbocycles. The van der Waals surface area contributed by atoms with Gasteiger partial charge in [0.1, 0.15) is 0 Å². The van der Waals surface area contributed by atoms with E-state index in [2.05, 4.69) is 15.3 Å². The highest BCUT2D eigenvalue weighted by Crippen LogP contribution is 2.29. The average molecular weight is 359 g/mol. The second-order valence-electron chi connectivity index (χ2n) is 5.62. The topological polar surface area (TPSA) is 69.0 Å². The summed E-state index contributed by atoms with van der Waals surface area (Å²) in [5.41, 5.74) is 2.77. The molecule has 130 valence electrons. The Morgan fingerprint density at radius 1 is 1.28 bits per heavy atom. The molecule has 1 amide bonds. The number of benzene rings is 1.